The number of aliphatic imine (C=N–C) groups is 1. The molecule has 5 nitrogen and oxygen atoms in total. The molecule has 0 saturated heterocycles. The average molecular weight is 501 g/mol. The van der Waals surface area contributed by atoms with E-state index < -0.39 is 11.5 Å². The van der Waals surface area contributed by atoms with Gasteiger partial charge in [-0.2, -0.15) is 0 Å². The van der Waals surface area contributed by atoms with Crippen LogP contribution in [0.5, 0.6) is 0 Å². The van der Waals surface area contributed by atoms with Crippen molar-refractivity contribution in [3.05, 3.63) is 36.1 Å². The lowest BCUT2D eigenvalue weighted by atomic mass is 9.74. The summed E-state index contributed by atoms with van der Waals surface area (Å²) in [5.74, 6) is 1.23. The van der Waals surface area contributed by atoms with Gasteiger partial charge in [-0.05, 0) is 56.4 Å². The molecule has 0 aromatic carbocycles. The Morgan fingerprint density at radius 1 is 1.22 bits per heavy atom. The number of nitrogens with one attached hydrogen (secondary N) is 1. The summed E-state index contributed by atoms with van der Waals surface area (Å²) in [6.45, 7) is 16.8. The van der Waals surface area contributed by atoms with E-state index >= 15 is 0 Å². The van der Waals surface area contributed by atoms with Crippen LogP contribution >= 0.6 is 0 Å². The summed E-state index contributed by atoms with van der Waals surface area (Å²) in [5.41, 5.74) is 1.56. The van der Waals surface area contributed by atoms with Crippen molar-refractivity contribution < 1.29 is 14.7 Å². The Labute approximate surface area is 220 Å². The fraction of sp³-hybridized carbons (Fsp3) is 0.710. The molecule has 4 atom stereocenters. The third kappa shape index (κ3) is 11.8. The summed E-state index contributed by atoms with van der Waals surface area (Å²) in [5, 5.41) is 13.3. The molecule has 3 unspecified atom stereocenters. The van der Waals surface area contributed by atoms with Gasteiger partial charge in [-0.15, -0.1) is 0 Å². The molecule has 0 fully saturated rings. The zero-order chi connectivity index (χ0) is 27.3. The normalized spacial score (nSPS) is 29.3. The van der Waals surface area contributed by atoms with Gasteiger partial charge in [0.15, 0.2) is 0 Å². The largest absolute Gasteiger partial charge is 0.392 e. The van der Waals surface area contributed by atoms with E-state index in [4.69, 9.17) is 0 Å². The number of rotatable bonds is 3. The molecule has 0 bridgehead atoms. The van der Waals surface area contributed by atoms with Gasteiger partial charge in [0.05, 0.1) is 23.6 Å². The van der Waals surface area contributed by atoms with Gasteiger partial charge in [0, 0.05) is 24.6 Å². The number of nitrogens with zero attached hydrogens (tertiary/aromatic N) is 1. The Balaban J connectivity index is 0.000000450. The van der Waals surface area contributed by atoms with Crippen LogP contribution in [-0.2, 0) is 9.59 Å². The number of ketones is 1. The van der Waals surface area contributed by atoms with Crippen molar-refractivity contribution in [2.75, 3.05) is 6.54 Å². The topological polar surface area (TPSA) is 78.8 Å². The molecule has 0 saturated carbocycles. The van der Waals surface area contributed by atoms with Crippen molar-refractivity contribution in [2.45, 2.75) is 106 Å². The lowest BCUT2D eigenvalue weighted by Crippen LogP contribution is -2.43. The molecule has 0 radical (unpaired) electrons. The summed E-state index contributed by atoms with van der Waals surface area (Å²) < 4.78 is 0. The van der Waals surface area contributed by atoms with Crippen molar-refractivity contribution in [3.63, 3.8) is 0 Å². The number of hydrogen-bond donors (Lipinski definition) is 2. The number of carbonyl (C=O) groups excluding carboxylic acids is 2. The molecule has 1 amide bonds. The van der Waals surface area contributed by atoms with Crippen LogP contribution in [0.2, 0.25) is 0 Å². The minimum absolute atomic E-state index is 0.0303. The fourth-order valence-electron chi connectivity index (χ4n) is 4.76. The summed E-state index contributed by atoms with van der Waals surface area (Å²) in [6.07, 6.45) is 15.9. The number of Topliss-reactive ketones (excluding diaryl/α,β-unsaturated/α-hetero) is 1. The lowest BCUT2D eigenvalue weighted by molar-refractivity contribution is -0.139. The molecule has 36 heavy (non-hydrogen) atoms. The van der Waals surface area contributed by atoms with Crippen LogP contribution in [0.25, 0.3) is 0 Å². The second kappa shape index (κ2) is 16.0. The Morgan fingerprint density at radius 2 is 1.92 bits per heavy atom. The number of carbonyl (C=O) groups is 2. The van der Waals surface area contributed by atoms with Gasteiger partial charge < -0.3 is 10.4 Å². The van der Waals surface area contributed by atoms with Crippen LogP contribution < -0.4 is 5.32 Å². The summed E-state index contributed by atoms with van der Waals surface area (Å²) in [4.78, 5) is 29.3. The van der Waals surface area contributed by atoms with E-state index in [9.17, 15) is 14.7 Å². The molecule has 0 spiro atoms. The number of amides is 1. The van der Waals surface area contributed by atoms with Crippen LogP contribution in [0, 0.1) is 29.1 Å². The SMILES string of the molecule is C/C=C\C1=CCC(CC(C)C)=N1.CC1CCC/C=C\[C@H](C)CNC(=O)CC(O)C(C)(C)C(=O)C(C)C1. The van der Waals surface area contributed by atoms with Crippen LogP contribution in [0.4, 0.5) is 0 Å². The maximum atomic E-state index is 12.8. The maximum Gasteiger partial charge on any atom is 0.222 e. The maximum absolute atomic E-state index is 12.8. The first-order valence-electron chi connectivity index (χ1n) is 13.9. The van der Waals surface area contributed by atoms with Gasteiger partial charge in [-0.3, -0.25) is 14.6 Å². The van der Waals surface area contributed by atoms with Gasteiger partial charge >= 0.3 is 0 Å². The molecule has 204 valence electrons. The molecular weight excluding hydrogens is 448 g/mol. The molecule has 5 heteroatoms. The Morgan fingerprint density at radius 3 is 2.56 bits per heavy atom. The van der Waals surface area contributed by atoms with Crippen molar-refractivity contribution >= 4 is 17.4 Å². The highest BCUT2D eigenvalue weighted by molar-refractivity contribution is 5.89. The van der Waals surface area contributed by atoms with E-state index in [2.05, 4.69) is 62.3 Å². The van der Waals surface area contributed by atoms with Crippen molar-refractivity contribution in [1.82, 2.24) is 5.32 Å². The molecule has 2 N–H and O–H groups in total. The highest BCUT2D eigenvalue weighted by Gasteiger charge is 2.39. The summed E-state index contributed by atoms with van der Waals surface area (Å²) in [7, 11) is 0. The van der Waals surface area contributed by atoms with Crippen molar-refractivity contribution in [1.29, 1.82) is 0 Å². The highest BCUT2D eigenvalue weighted by Crippen LogP contribution is 2.31. The van der Waals surface area contributed by atoms with Crippen molar-refractivity contribution in [3.8, 4) is 0 Å². The van der Waals surface area contributed by atoms with Crippen LogP contribution in [-0.4, -0.2) is 35.2 Å². The Bertz CT molecular complexity index is 820. The predicted molar refractivity (Wildman–Crippen MR) is 152 cm³/mol. The minimum Gasteiger partial charge on any atom is -0.392 e. The van der Waals surface area contributed by atoms with E-state index in [0.29, 0.717) is 12.5 Å². The molecule has 2 heterocycles. The van der Waals surface area contributed by atoms with E-state index in [1.807, 2.05) is 19.9 Å². The smallest absolute Gasteiger partial charge is 0.222 e. The van der Waals surface area contributed by atoms with Crippen molar-refractivity contribution in [2.24, 2.45) is 34.1 Å². The van der Waals surface area contributed by atoms with E-state index in [-0.39, 0.29) is 29.9 Å². The Hall–Kier alpha value is -2.01. The molecule has 2 aliphatic rings. The zero-order valence-electron chi connectivity index (χ0n) is 24.1. The van der Waals surface area contributed by atoms with Crippen LogP contribution in [0.3, 0.4) is 0 Å². The molecule has 2 aliphatic heterocycles. The second-order valence-corrected chi connectivity index (χ2v) is 11.8. The standard InChI is InChI=1S/C20H35NO3.C11H17N/c1-14-9-7-6-8-10-15(2)13-21-18(23)12-17(22)20(4,5)19(24)16(3)11-14;1-4-5-10-6-7-11(12-10)8-9(2)3/h8,10,14-17,22H,6-7,9,11-13H2,1-5H3,(H,21,23);4-6,9H,7-8H2,1-3H3/b10-8-;5-4-/t14?,15-,16?,17?;/m0./s1. The van der Waals surface area contributed by atoms with E-state index in [1.165, 1.54) is 5.71 Å². The molecule has 0 aromatic heterocycles. The summed E-state index contributed by atoms with van der Waals surface area (Å²) in [6, 6.07) is 0. The molecule has 0 aliphatic carbocycles. The first-order valence-corrected chi connectivity index (χ1v) is 13.9. The third-order valence-electron chi connectivity index (χ3n) is 7.02. The second-order valence-electron chi connectivity index (χ2n) is 11.8. The quantitative estimate of drug-likeness (QED) is 0.417. The molecule has 2 rings (SSSR count). The number of allylic oxidation sites excluding steroid dienone is 4. The fourth-order valence-corrected chi connectivity index (χ4v) is 4.76. The van der Waals surface area contributed by atoms with E-state index in [0.717, 1.165) is 50.1 Å². The van der Waals surface area contributed by atoms with Gasteiger partial charge in [-0.25, -0.2) is 0 Å². The predicted octanol–water partition coefficient (Wildman–Crippen LogP) is 6.82. The first-order chi connectivity index (χ1) is 16.9. The van der Waals surface area contributed by atoms with Crippen LogP contribution in [0.1, 0.15) is 100 Å². The molecule has 0 aromatic rings. The zero-order valence-corrected chi connectivity index (χ0v) is 24.1. The van der Waals surface area contributed by atoms with E-state index in [1.54, 1.807) is 13.8 Å². The van der Waals surface area contributed by atoms with Gasteiger partial charge in [0.25, 0.3) is 0 Å². The van der Waals surface area contributed by atoms with Gasteiger partial charge in [0.1, 0.15) is 5.78 Å². The number of aliphatic hydroxyl groups is 1. The summed E-state index contributed by atoms with van der Waals surface area (Å²) >= 11 is 0. The number of aliphatic hydroxyl groups excluding tert-OH is 1. The monoisotopic (exact) mass is 500 g/mol. The van der Waals surface area contributed by atoms with Gasteiger partial charge in [0.2, 0.25) is 5.91 Å². The highest BCUT2D eigenvalue weighted by atomic mass is 16.3. The molecular formula is C31H52N2O3. The average Bonchev–Trinajstić information content (AvgIpc) is 3.23. The van der Waals surface area contributed by atoms with Gasteiger partial charge in [-0.1, -0.05) is 79.2 Å². The van der Waals surface area contributed by atoms with Crippen LogP contribution in [0.15, 0.2) is 41.1 Å². The Kier molecular flexibility index (Phi) is 14.2. The number of hydrogen-bond acceptors (Lipinski definition) is 4. The first kappa shape index (κ1) is 32.0. The lowest BCUT2D eigenvalue weighted by Gasteiger charge is -2.32. The minimum atomic E-state index is -0.957. The third-order valence-corrected chi connectivity index (χ3v) is 7.02.